The molecule has 20 heavy (non-hydrogen) atoms. The smallest absolute Gasteiger partial charge is 0.337 e. The Kier molecular flexibility index (Phi) is 3.99. The van der Waals surface area contributed by atoms with Gasteiger partial charge in [-0.25, -0.2) is 9.78 Å². The number of pyridine rings is 1. The van der Waals surface area contributed by atoms with Gasteiger partial charge < -0.3 is 15.5 Å². The number of nitrogens with one attached hydrogen (secondary N) is 1. The molecule has 1 amide bonds. The van der Waals surface area contributed by atoms with E-state index in [4.69, 9.17) is 5.11 Å². The van der Waals surface area contributed by atoms with Crippen molar-refractivity contribution < 1.29 is 19.8 Å². The SMILES string of the molecule is O=C(Nc1ccc(O)cc1C(=O)O)c1ccc(Br)cn1. The molecule has 0 atom stereocenters. The number of nitrogens with zero attached hydrogens (tertiary/aromatic N) is 1. The average Bonchev–Trinajstić information content (AvgIpc) is 2.41. The molecule has 7 heteroatoms. The number of phenols is 1. The molecule has 0 saturated heterocycles. The highest BCUT2D eigenvalue weighted by Crippen LogP contribution is 2.22. The number of halogens is 1. The lowest BCUT2D eigenvalue weighted by Gasteiger charge is -2.08. The van der Waals surface area contributed by atoms with Gasteiger partial charge >= 0.3 is 5.97 Å². The Morgan fingerprint density at radius 2 is 1.95 bits per heavy atom. The van der Waals surface area contributed by atoms with Crippen LogP contribution in [-0.4, -0.2) is 27.1 Å². The lowest BCUT2D eigenvalue weighted by molar-refractivity contribution is 0.0697. The Morgan fingerprint density at radius 3 is 2.55 bits per heavy atom. The normalized spacial score (nSPS) is 10.1. The van der Waals surface area contributed by atoms with Crippen LogP contribution in [0, 0.1) is 0 Å². The topological polar surface area (TPSA) is 99.5 Å². The Balaban J connectivity index is 2.28. The number of aromatic nitrogens is 1. The first-order valence-electron chi connectivity index (χ1n) is 5.46. The van der Waals surface area contributed by atoms with Gasteiger partial charge in [-0.1, -0.05) is 0 Å². The van der Waals surface area contributed by atoms with Crippen LogP contribution in [-0.2, 0) is 0 Å². The van der Waals surface area contributed by atoms with Crippen LogP contribution in [0.1, 0.15) is 20.8 Å². The van der Waals surface area contributed by atoms with Gasteiger partial charge in [0.15, 0.2) is 0 Å². The predicted octanol–water partition coefficient (Wildman–Crippen LogP) is 2.50. The molecule has 2 aromatic rings. The zero-order valence-corrected chi connectivity index (χ0v) is 11.6. The van der Waals surface area contributed by atoms with Crippen LogP contribution in [0.3, 0.4) is 0 Å². The van der Waals surface area contributed by atoms with Crippen LogP contribution in [0.4, 0.5) is 5.69 Å². The van der Waals surface area contributed by atoms with Crippen molar-refractivity contribution in [2.24, 2.45) is 0 Å². The summed E-state index contributed by atoms with van der Waals surface area (Å²) in [5.41, 5.74) is 0.0399. The molecule has 0 aliphatic rings. The quantitative estimate of drug-likeness (QED) is 0.748. The Hall–Kier alpha value is -2.41. The fourth-order valence-electron chi connectivity index (χ4n) is 1.51. The van der Waals surface area contributed by atoms with E-state index >= 15 is 0 Å². The molecule has 0 radical (unpaired) electrons. The number of carbonyl (C=O) groups is 2. The molecule has 0 aliphatic carbocycles. The minimum absolute atomic E-state index is 0.0880. The van der Waals surface area contributed by atoms with E-state index in [2.05, 4.69) is 26.2 Å². The van der Waals surface area contributed by atoms with E-state index in [1.807, 2.05) is 0 Å². The van der Waals surface area contributed by atoms with Gasteiger partial charge in [0.2, 0.25) is 0 Å². The molecular weight excluding hydrogens is 328 g/mol. The number of rotatable bonds is 3. The lowest BCUT2D eigenvalue weighted by atomic mass is 10.1. The molecule has 0 aliphatic heterocycles. The molecule has 0 unspecified atom stereocenters. The monoisotopic (exact) mass is 336 g/mol. The third kappa shape index (κ3) is 3.12. The summed E-state index contributed by atoms with van der Waals surface area (Å²) in [4.78, 5) is 26.9. The molecule has 102 valence electrons. The van der Waals surface area contributed by atoms with Gasteiger partial charge in [-0.2, -0.15) is 0 Å². The van der Waals surface area contributed by atoms with Crippen LogP contribution in [0.15, 0.2) is 41.0 Å². The maximum Gasteiger partial charge on any atom is 0.337 e. The first kappa shape index (κ1) is 14.0. The van der Waals surface area contributed by atoms with Crippen LogP contribution >= 0.6 is 15.9 Å². The van der Waals surface area contributed by atoms with Crippen LogP contribution in [0.2, 0.25) is 0 Å². The summed E-state index contributed by atoms with van der Waals surface area (Å²) < 4.78 is 0.727. The van der Waals surface area contributed by atoms with E-state index in [0.29, 0.717) is 0 Å². The molecule has 0 spiro atoms. The molecule has 0 fully saturated rings. The molecule has 1 heterocycles. The van der Waals surface area contributed by atoms with E-state index in [1.54, 1.807) is 6.07 Å². The Morgan fingerprint density at radius 1 is 1.20 bits per heavy atom. The van der Waals surface area contributed by atoms with Gasteiger partial charge in [0.25, 0.3) is 5.91 Å². The molecule has 6 nitrogen and oxygen atoms in total. The predicted molar refractivity (Wildman–Crippen MR) is 75.0 cm³/mol. The van der Waals surface area contributed by atoms with Gasteiger partial charge in [0.05, 0.1) is 11.3 Å². The standard InChI is InChI=1S/C13H9BrN2O4/c14-7-1-3-11(15-6-7)12(18)16-10-4-2-8(17)5-9(10)13(19)20/h1-6,17H,(H,16,18)(H,19,20). The number of benzene rings is 1. The average molecular weight is 337 g/mol. The minimum atomic E-state index is -1.25. The molecule has 3 N–H and O–H groups in total. The van der Waals surface area contributed by atoms with Crippen molar-refractivity contribution in [2.45, 2.75) is 0 Å². The van der Waals surface area contributed by atoms with E-state index in [-0.39, 0.29) is 22.7 Å². The van der Waals surface area contributed by atoms with Crippen LogP contribution < -0.4 is 5.32 Å². The van der Waals surface area contributed by atoms with Crippen molar-refractivity contribution in [1.82, 2.24) is 4.98 Å². The lowest BCUT2D eigenvalue weighted by Crippen LogP contribution is -2.16. The highest BCUT2D eigenvalue weighted by molar-refractivity contribution is 9.10. The van der Waals surface area contributed by atoms with Crippen molar-refractivity contribution in [1.29, 1.82) is 0 Å². The molecule has 0 saturated carbocycles. The number of hydrogen-bond donors (Lipinski definition) is 3. The Labute approximate surface area is 122 Å². The van der Waals surface area contributed by atoms with Gasteiger partial charge in [0, 0.05) is 10.7 Å². The third-order valence-electron chi connectivity index (χ3n) is 2.44. The van der Waals surface area contributed by atoms with Crippen molar-refractivity contribution in [3.63, 3.8) is 0 Å². The second-order valence-corrected chi connectivity index (χ2v) is 4.77. The van der Waals surface area contributed by atoms with Crippen molar-refractivity contribution >= 4 is 33.5 Å². The van der Waals surface area contributed by atoms with E-state index in [9.17, 15) is 14.7 Å². The molecule has 1 aromatic heterocycles. The van der Waals surface area contributed by atoms with Crippen LogP contribution in [0.25, 0.3) is 0 Å². The number of phenolic OH excluding ortho intramolecular Hbond substituents is 1. The number of carboxylic acid groups (broad SMARTS) is 1. The Bertz CT molecular complexity index is 671. The number of aromatic hydroxyl groups is 1. The maximum absolute atomic E-state index is 11.9. The van der Waals surface area contributed by atoms with E-state index in [1.165, 1.54) is 24.4 Å². The zero-order valence-electron chi connectivity index (χ0n) is 10.0. The number of carbonyl (C=O) groups excluding carboxylic acids is 1. The summed E-state index contributed by atoms with van der Waals surface area (Å²) >= 11 is 3.20. The van der Waals surface area contributed by atoms with E-state index < -0.39 is 11.9 Å². The maximum atomic E-state index is 11.9. The third-order valence-corrected chi connectivity index (χ3v) is 2.91. The van der Waals surface area contributed by atoms with Gasteiger partial charge in [-0.15, -0.1) is 0 Å². The first-order chi connectivity index (χ1) is 9.47. The summed E-state index contributed by atoms with van der Waals surface area (Å²) in [6, 6.07) is 6.82. The van der Waals surface area contributed by atoms with Crippen molar-refractivity contribution in [3.8, 4) is 5.75 Å². The fraction of sp³-hybridized carbons (Fsp3) is 0. The largest absolute Gasteiger partial charge is 0.508 e. The number of anilines is 1. The summed E-state index contributed by atoms with van der Waals surface area (Å²) in [7, 11) is 0. The first-order valence-corrected chi connectivity index (χ1v) is 6.26. The number of hydrogen-bond acceptors (Lipinski definition) is 4. The van der Waals surface area contributed by atoms with Crippen molar-refractivity contribution in [3.05, 3.63) is 52.3 Å². The van der Waals surface area contributed by atoms with Gasteiger partial charge in [-0.05, 0) is 46.3 Å². The van der Waals surface area contributed by atoms with Crippen LogP contribution in [0.5, 0.6) is 5.75 Å². The summed E-state index contributed by atoms with van der Waals surface area (Å²) in [6.45, 7) is 0. The second kappa shape index (κ2) is 5.70. The molecular formula is C13H9BrN2O4. The molecule has 1 aromatic carbocycles. The van der Waals surface area contributed by atoms with E-state index in [0.717, 1.165) is 10.5 Å². The van der Waals surface area contributed by atoms with Gasteiger partial charge in [-0.3, -0.25) is 4.79 Å². The fourth-order valence-corrected chi connectivity index (χ4v) is 1.75. The minimum Gasteiger partial charge on any atom is -0.508 e. The molecule has 2 rings (SSSR count). The number of amides is 1. The molecule has 0 bridgehead atoms. The summed E-state index contributed by atoms with van der Waals surface area (Å²) in [5, 5.41) is 20.7. The highest BCUT2D eigenvalue weighted by atomic mass is 79.9. The van der Waals surface area contributed by atoms with Gasteiger partial charge in [0.1, 0.15) is 11.4 Å². The second-order valence-electron chi connectivity index (χ2n) is 3.85. The number of carboxylic acids is 1. The number of aromatic carboxylic acids is 1. The summed E-state index contributed by atoms with van der Waals surface area (Å²) in [5.74, 6) is -1.98. The highest BCUT2D eigenvalue weighted by Gasteiger charge is 2.15. The summed E-state index contributed by atoms with van der Waals surface area (Å²) in [6.07, 6.45) is 1.46. The van der Waals surface area contributed by atoms with Crippen molar-refractivity contribution in [2.75, 3.05) is 5.32 Å². The zero-order chi connectivity index (χ0) is 14.7.